The highest BCUT2D eigenvalue weighted by atomic mass is 19.1. The number of carbonyl (C=O) groups is 1. The molecule has 0 saturated heterocycles. The largest absolute Gasteiger partial charge is 0.505 e. The van der Waals surface area contributed by atoms with Crippen LogP contribution in [-0.4, -0.2) is 11.0 Å². The Balaban J connectivity index is 2.14. The van der Waals surface area contributed by atoms with Crippen LogP contribution in [0.2, 0.25) is 0 Å². The molecule has 0 atom stereocenters. The standard InChI is InChI=1S/C16H22FNO2/c1-11(2)10-16(7-3-4-8-16)15(20)18-12-5-6-14(19)13(17)9-12/h5-6,9,11,19H,3-4,7-8,10H2,1-2H3,(H,18,20). The first-order valence-electron chi connectivity index (χ1n) is 7.23. The van der Waals surface area contributed by atoms with Gasteiger partial charge >= 0.3 is 0 Å². The third-order valence-corrected chi connectivity index (χ3v) is 4.05. The molecule has 110 valence electrons. The molecule has 1 aromatic rings. The molecule has 0 radical (unpaired) electrons. The lowest BCUT2D eigenvalue weighted by atomic mass is 9.77. The van der Waals surface area contributed by atoms with Crippen LogP contribution in [0.3, 0.4) is 0 Å². The monoisotopic (exact) mass is 279 g/mol. The summed E-state index contributed by atoms with van der Waals surface area (Å²) in [7, 11) is 0. The fourth-order valence-corrected chi connectivity index (χ4v) is 3.21. The van der Waals surface area contributed by atoms with Crippen LogP contribution in [0.25, 0.3) is 0 Å². The van der Waals surface area contributed by atoms with E-state index in [2.05, 4.69) is 19.2 Å². The van der Waals surface area contributed by atoms with Crippen molar-refractivity contribution in [1.82, 2.24) is 0 Å². The Kier molecular flexibility index (Phi) is 4.31. The Morgan fingerprint density at radius 3 is 2.60 bits per heavy atom. The van der Waals surface area contributed by atoms with Crippen molar-refractivity contribution < 1.29 is 14.3 Å². The summed E-state index contributed by atoms with van der Waals surface area (Å²) in [6.07, 6.45) is 4.81. The Morgan fingerprint density at radius 1 is 1.40 bits per heavy atom. The lowest BCUT2D eigenvalue weighted by Gasteiger charge is -2.29. The number of aromatic hydroxyl groups is 1. The number of anilines is 1. The summed E-state index contributed by atoms with van der Waals surface area (Å²) in [6, 6.07) is 3.94. The maximum atomic E-state index is 13.3. The molecule has 0 aliphatic heterocycles. The average Bonchev–Trinajstić information content (AvgIpc) is 2.83. The molecule has 1 fully saturated rings. The van der Waals surface area contributed by atoms with Gasteiger partial charge in [0.15, 0.2) is 11.6 Å². The summed E-state index contributed by atoms with van der Waals surface area (Å²) >= 11 is 0. The molecule has 1 aliphatic carbocycles. The van der Waals surface area contributed by atoms with Crippen molar-refractivity contribution >= 4 is 11.6 Å². The van der Waals surface area contributed by atoms with Gasteiger partial charge < -0.3 is 10.4 Å². The van der Waals surface area contributed by atoms with Gasteiger partial charge in [-0.05, 0) is 37.3 Å². The SMILES string of the molecule is CC(C)CC1(C(=O)Nc2ccc(O)c(F)c2)CCCC1. The minimum absolute atomic E-state index is 0.0196. The van der Waals surface area contributed by atoms with Gasteiger partial charge in [0.2, 0.25) is 5.91 Å². The van der Waals surface area contributed by atoms with Gasteiger partial charge in [-0.3, -0.25) is 4.79 Å². The Morgan fingerprint density at radius 2 is 2.05 bits per heavy atom. The van der Waals surface area contributed by atoms with E-state index in [0.29, 0.717) is 11.6 Å². The molecule has 0 unspecified atom stereocenters. The quantitative estimate of drug-likeness (QED) is 0.816. The number of rotatable bonds is 4. The zero-order valence-electron chi connectivity index (χ0n) is 12.1. The second-order valence-electron chi connectivity index (χ2n) is 6.21. The maximum absolute atomic E-state index is 13.3. The third-order valence-electron chi connectivity index (χ3n) is 4.05. The molecule has 1 aromatic carbocycles. The van der Waals surface area contributed by atoms with Crippen molar-refractivity contribution in [3.63, 3.8) is 0 Å². The van der Waals surface area contributed by atoms with E-state index in [1.165, 1.54) is 12.1 Å². The van der Waals surface area contributed by atoms with Gasteiger partial charge in [-0.2, -0.15) is 0 Å². The summed E-state index contributed by atoms with van der Waals surface area (Å²) < 4.78 is 13.3. The summed E-state index contributed by atoms with van der Waals surface area (Å²) in [6.45, 7) is 4.24. The Bertz CT molecular complexity index is 493. The van der Waals surface area contributed by atoms with E-state index >= 15 is 0 Å². The minimum Gasteiger partial charge on any atom is -0.505 e. The Labute approximate surface area is 119 Å². The normalized spacial score (nSPS) is 17.4. The molecule has 4 heteroatoms. The first-order chi connectivity index (χ1) is 9.43. The maximum Gasteiger partial charge on any atom is 0.230 e. The second-order valence-corrected chi connectivity index (χ2v) is 6.21. The smallest absolute Gasteiger partial charge is 0.230 e. The molecule has 0 heterocycles. The summed E-state index contributed by atoms with van der Waals surface area (Å²) in [5.74, 6) is -0.683. The van der Waals surface area contributed by atoms with E-state index in [9.17, 15) is 14.3 Å². The van der Waals surface area contributed by atoms with Crippen molar-refractivity contribution in [2.24, 2.45) is 11.3 Å². The highest BCUT2D eigenvalue weighted by Crippen LogP contribution is 2.44. The van der Waals surface area contributed by atoms with Gasteiger partial charge in [0.25, 0.3) is 0 Å². The highest BCUT2D eigenvalue weighted by molar-refractivity contribution is 5.95. The number of amides is 1. The van der Waals surface area contributed by atoms with Crippen molar-refractivity contribution in [3.8, 4) is 5.75 Å². The lowest BCUT2D eigenvalue weighted by molar-refractivity contribution is -0.126. The number of hydrogen-bond acceptors (Lipinski definition) is 2. The first kappa shape index (κ1) is 14.8. The van der Waals surface area contributed by atoms with Crippen molar-refractivity contribution in [1.29, 1.82) is 0 Å². The molecule has 20 heavy (non-hydrogen) atoms. The number of halogens is 1. The summed E-state index contributed by atoms with van der Waals surface area (Å²) in [5.41, 5.74) is 0.0861. The number of nitrogens with one attached hydrogen (secondary N) is 1. The van der Waals surface area contributed by atoms with Gasteiger partial charge in [0, 0.05) is 17.2 Å². The molecule has 1 amide bonds. The zero-order chi connectivity index (χ0) is 14.8. The number of phenolic OH excluding ortho intramolecular Hbond substituents is 1. The molecule has 3 nitrogen and oxygen atoms in total. The number of benzene rings is 1. The topological polar surface area (TPSA) is 49.3 Å². The van der Waals surface area contributed by atoms with Gasteiger partial charge in [-0.15, -0.1) is 0 Å². The fourth-order valence-electron chi connectivity index (χ4n) is 3.21. The van der Waals surface area contributed by atoms with E-state index in [0.717, 1.165) is 38.2 Å². The molecular formula is C16H22FNO2. The highest BCUT2D eigenvalue weighted by Gasteiger charge is 2.41. The molecule has 0 bridgehead atoms. The summed E-state index contributed by atoms with van der Waals surface area (Å²) in [5, 5.41) is 12.0. The van der Waals surface area contributed by atoms with Crippen LogP contribution in [0, 0.1) is 17.2 Å². The van der Waals surface area contributed by atoms with Gasteiger partial charge in [0.05, 0.1) is 0 Å². The molecule has 1 saturated carbocycles. The van der Waals surface area contributed by atoms with E-state index in [-0.39, 0.29) is 11.3 Å². The average molecular weight is 279 g/mol. The number of carbonyl (C=O) groups excluding carboxylic acids is 1. The van der Waals surface area contributed by atoms with Crippen molar-refractivity contribution in [3.05, 3.63) is 24.0 Å². The zero-order valence-corrected chi connectivity index (χ0v) is 12.1. The van der Waals surface area contributed by atoms with Crippen LogP contribution in [0.15, 0.2) is 18.2 Å². The van der Waals surface area contributed by atoms with Crippen LogP contribution in [-0.2, 0) is 4.79 Å². The van der Waals surface area contributed by atoms with Crippen molar-refractivity contribution in [2.75, 3.05) is 5.32 Å². The van der Waals surface area contributed by atoms with E-state index in [4.69, 9.17) is 0 Å². The molecular weight excluding hydrogens is 257 g/mol. The number of hydrogen-bond donors (Lipinski definition) is 2. The van der Waals surface area contributed by atoms with Crippen LogP contribution in [0.4, 0.5) is 10.1 Å². The molecule has 2 N–H and O–H groups in total. The summed E-state index contributed by atoms with van der Waals surface area (Å²) in [4.78, 5) is 12.6. The molecule has 1 aliphatic rings. The van der Waals surface area contributed by atoms with Crippen LogP contribution >= 0.6 is 0 Å². The lowest BCUT2D eigenvalue weighted by Crippen LogP contribution is -2.35. The van der Waals surface area contributed by atoms with Crippen molar-refractivity contribution in [2.45, 2.75) is 46.0 Å². The van der Waals surface area contributed by atoms with E-state index in [1.54, 1.807) is 0 Å². The van der Waals surface area contributed by atoms with Gasteiger partial charge in [0.1, 0.15) is 0 Å². The van der Waals surface area contributed by atoms with E-state index in [1.807, 2.05) is 0 Å². The molecule has 0 aromatic heterocycles. The third kappa shape index (κ3) is 3.11. The van der Waals surface area contributed by atoms with Gasteiger partial charge in [-0.25, -0.2) is 4.39 Å². The molecule has 0 spiro atoms. The minimum atomic E-state index is -0.716. The number of phenols is 1. The van der Waals surface area contributed by atoms with Crippen LogP contribution in [0.5, 0.6) is 5.75 Å². The van der Waals surface area contributed by atoms with Gasteiger partial charge in [-0.1, -0.05) is 26.7 Å². The van der Waals surface area contributed by atoms with Crippen LogP contribution < -0.4 is 5.32 Å². The second kappa shape index (κ2) is 5.81. The fraction of sp³-hybridized carbons (Fsp3) is 0.562. The Hall–Kier alpha value is -1.58. The van der Waals surface area contributed by atoms with Crippen LogP contribution in [0.1, 0.15) is 46.0 Å². The first-order valence-corrected chi connectivity index (χ1v) is 7.23. The predicted octanol–water partition coefficient (Wildman–Crippen LogP) is 4.08. The van der Waals surface area contributed by atoms with E-state index < -0.39 is 11.6 Å². The predicted molar refractivity (Wildman–Crippen MR) is 77.1 cm³/mol. The molecule has 2 rings (SSSR count).